The molecule has 0 N–H and O–H groups in total. The highest BCUT2D eigenvalue weighted by atomic mass is 35.5. The van der Waals surface area contributed by atoms with E-state index in [1.807, 2.05) is 0 Å². The van der Waals surface area contributed by atoms with Gasteiger partial charge in [0.2, 0.25) is 5.82 Å². The molecule has 1 heterocycles. The zero-order chi connectivity index (χ0) is 11.6. The highest BCUT2D eigenvalue weighted by Crippen LogP contribution is 2.27. The van der Waals surface area contributed by atoms with Crippen LogP contribution >= 0.6 is 11.6 Å². The maximum absolute atomic E-state index is 13.1. The van der Waals surface area contributed by atoms with Gasteiger partial charge in [0, 0.05) is 6.07 Å². The molecule has 1 rings (SSSR count). The molecule has 8 heteroatoms. The highest BCUT2D eigenvalue weighted by Gasteiger charge is 2.26. The van der Waals surface area contributed by atoms with Gasteiger partial charge in [-0.15, -0.1) is 11.6 Å². The van der Waals surface area contributed by atoms with Crippen LogP contribution in [-0.4, -0.2) is 9.91 Å². The molecule has 0 bridgehead atoms. The molecule has 82 valence electrons. The summed E-state index contributed by atoms with van der Waals surface area (Å²) in [6.07, 6.45) is -3.22. The summed E-state index contributed by atoms with van der Waals surface area (Å²) in [6, 6.07) is 0.730. The Morgan fingerprint density at radius 2 is 2.20 bits per heavy atom. The van der Waals surface area contributed by atoms with Gasteiger partial charge in [0.1, 0.15) is 5.69 Å². The molecule has 0 aliphatic heterocycles. The predicted molar refractivity (Wildman–Crippen MR) is 45.4 cm³/mol. The van der Waals surface area contributed by atoms with Gasteiger partial charge >= 0.3 is 5.69 Å². The van der Waals surface area contributed by atoms with E-state index in [1.54, 1.807) is 0 Å². The summed E-state index contributed by atoms with van der Waals surface area (Å²) in [4.78, 5) is 12.4. The summed E-state index contributed by atoms with van der Waals surface area (Å²) >= 11 is 5.28. The van der Waals surface area contributed by atoms with Crippen molar-refractivity contribution >= 4 is 17.3 Å². The van der Waals surface area contributed by atoms with Gasteiger partial charge in [0.25, 0.3) is 6.43 Å². The van der Waals surface area contributed by atoms with Gasteiger partial charge in [-0.1, -0.05) is 0 Å². The third kappa shape index (κ3) is 2.35. The molecule has 0 radical (unpaired) electrons. The zero-order valence-corrected chi connectivity index (χ0v) is 7.84. The van der Waals surface area contributed by atoms with E-state index in [2.05, 4.69) is 4.98 Å². The molecule has 0 spiro atoms. The Kier molecular flexibility index (Phi) is 3.46. The van der Waals surface area contributed by atoms with Crippen molar-refractivity contribution < 1.29 is 18.1 Å². The Labute approximate surface area is 86.8 Å². The summed E-state index contributed by atoms with van der Waals surface area (Å²) in [5, 5.41) is 10.3. The van der Waals surface area contributed by atoms with Crippen molar-refractivity contribution in [3.63, 3.8) is 0 Å². The summed E-state index contributed by atoms with van der Waals surface area (Å²) < 4.78 is 37.5. The lowest BCUT2D eigenvalue weighted by Crippen LogP contribution is -2.04. The van der Waals surface area contributed by atoms with E-state index in [9.17, 15) is 23.3 Å². The fraction of sp³-hybridized carbons (Fsp3) is 0.286. The van der Waals surface area contributed by atoms with Crippen molar-refractivity contribution in [3.05, 3.63) is 33.4 Å². The van der Waals surface area contributed by atoms with Crippen molar-refractivity contribution in [1.29, 1.82) is 0 Å². The first kappa shape index (κ1) is 11.7. The Balaban J connectivity index is 3.40. The van der Waals surface area contributed by atoms with Crippen LogP contribution in [0.25, 0.3) is 0 Å². The molecular weight excluding hydrogens is 237 g/mol. The van der Waals surface area contributed by atoms with Crippen LogP contribution in [0.2, 0.25) is 0 Å². The van der Waals surface area contributed by atoms with E-state index < -0.39 is 28.5 Å². The molecule has 1 aromatic heterocycles. The highest BCUT2D eigenvalue weighted by molar-refractivity contribution is 6.16. The molecule has 0 amide bonds. The van der Waals surface area contributed by atoms with Gasteiger partial charge < -0.3 is 0 Å². The van der Waals surface area contributed by atoms with E-state index >= 15 is 0 Å². The fourth-order valence-corrected chi connectivity index (χ4v) is 1.07. The molecule has 1 aromatic rings. The Bertz CT molecular complexity index is 400. The largest absolute Gasteiger partial charge is 0.308 e. The second kappa shape index (κ2) is 4.43. The molecule has 0 aliphatic carbocycles. The maximum atomic E-state index is 13.1. The molecule has 4 nitrogen and oxygen atoms in total. The zero-order valence-electron chi connectivity index (χ0n) is 7.08. The molecule has 15 heavy (non-hydrogen) atoms. The SMILES string of the molecule is O=[N+]([O-])c1cc(CCl)nc(C(F)F)c1F. The number of rotatable bonds is 3. The van der Waals surface area contributed by atoms with Gasteiger partial charge in [0.15, 0.2) is 0 Å². The minimum atomic E-state index is -3.22. The third-order valence-corrected chi connectivity index (χ3v) is 1.83. The number of aromatic nitrogens is 1. The third-order valence-electron chi connectivity index (χ3n) is 1.56. The first-order valence-electron chi connectivity index (χ1n) is 3.65. The standard InChI is InChI=1S/C7H4ClF3N2O2/c8-2-3-1-4(13(14)15)5(9)6(12-3)7(10)11/h1,7H,2H2. The van der Waals surface area contributed by atoms with Crippen LogP contribution in [0.1, 0.15) is 17.8 Å². The van der Waals surface area contributed by atoms with Gasteiger partial charge in [-0.25, -0.2) is 13.8 Å². The van der Waals surface area contributed by atoms with Crippen LogP contribution in [0.4, 0.5) is 18.9 Å². The topological polar surface area (TPSA) is 56.0 Å². The van der Waals surface area contributed by atoms with Gasteiger partial charge in [0.05, 0.1) is 16.5 Å². The van der Waals surface area contributed by atoms with Crippen LogP contribution in [0.3, 0.4) is 0 Å². The molecule has 0 atom stereocenters. The van der Waals surface area contributed by atoms with Crippen molar-refractivity contribution in [2.24, 2.45) is 0 Å². The molecule has 0 saturated carbocycles. The first-order valence-corrected chi connectivity index (χ1v) is 4.18. The Hall–Kier alpha value is -1.37. The number of nitro groups is 1. The van der Waals surface area contributed by atoms with Crippen molar-refractivity contribution in [2.45, 2.75) is 12.3 Å². The van der Waals surface area contributed by atoms with Crippen LogP contribution in [0.15, 0.2) is 6.07 Å². The Morgan fingerprint density at radius 3 is 2.60 bits per heavy atom. The molecule has 0 aromatic carbocycles. The lowest BCUT2D eigenvalue weighted by Gasteiger charge is -2.03. The second-order valence-electron chi connectivity index (χ2n) is 2.52. The summed E-state index contributed by atoms with van der Waals surface area (Å²) in [7, 11) is 0. The number of hydrogen-bond acceptors (Lipinski definition) is 3. The van der Waals surface area contributed by atoms with Crippen LogP contribution in [0.5, 0.6) is 0 Å². The van der Waals surface area contributed by atoms with E-state index in [4.69, 9.17) is 11.6 Å². The predicted octanol–water partition coefficient (Wildman–Crippen LogP) is 2.81. The lowest BCUT2D eigenvalue weighted by molar-refractivity contribution is -0.387. The average Bonchev–Trinajstić information content (AvgIpc) is 2.17. The van der Waals surface area contributed by atoms with Crippen molar-refractivity contribution in [1.82, 2.24) is 4.98 Å². The number of nitrogens with zero attached hydrogens (tertiary/aromatic N) is 2. The first-order chi connectivity index (χ1) is 6.97. The van der Waals surface area contributed by atoms with E-state index in [1.165, 1.54) is 0 Å². The van der Waals surface area contributed by atoms with Gasteiger partial charge in [-0.05, 0) is 0 Å². The van der Waals surface area contributed by atoms with E-state index in [0.717, 1.165) is 6.07 Å². The van der Waals surface area contributed by atoms with Gasteiger partial charge in [-0.2, -0.15) is 4.39 Å². The number of pyridine rings is 1. The fourth-order valence-electron chi connectivity index (χ4n) is 0.934. The molecule has 0 unspecified atom stereocenters. The molecule has 0 saturated heterocycles. The van der Waals surface area contributed by atoms with Crippen LogP contribution < -0.4 is 0 Å². The van der Waals surface area contributed by atoms with E-state index in [-0.39, 0.29) is 11.6 Å². The number of hydrogen-bond donors (Lipinski definition) is 0. The lowest BCUT2D eigenvalue weighted by atomic mass is 10.2. The summed E-state index contributed by atoms with van der Waals surface area (Å²) in [6.45, 7) is 0. The molecule has 0 fully saturated rings. The number of alkyl halides is 3. The van der Waals surface area contributed by atoms with Crippen molar-refractivity contribution in [3.8, 4) is 0 Å². The van der Waals surface area contributed by atoms with Crippen molar-refractivity contribution in [2.75, 3.05) is 0 Å². The minimum absolute atomic E-state index is 0.167. The average molecular weight is 241 g/mol. The second-order valence-corrected chi connectivity index (χ2v) is 2.79. The summed E-state index contributed by atoms with van der Waals surface area (Å²) in [5.74, 6) is -1.93. The van der Waals surface area contributed by atoms with Crippen LogP contribution in [-0.2, 0) is 5.88 Å². The Morgan fingerprint density at radius 1 is 1.60 bits per heavy atom. The monoisotopic (exact) mass is 240 g/mol. The smallest absolute Gasteiger partial charge is 0.258 e. The summed E-state index contributed by atoms with van der Waals surface area (Å²) in [5.41, 5.74) is -2.46. The maximum Gasteiger partial charge on any atom is 0.308 e. The molecular formula is C7H4ClF3N2O2. The normalized spacial score (nSPS) is 10.7. The molecule has 0 aliphatic rings. The van der Waals surface area contributed by atoms with E-state index in [0.29, 0.717) is 0 Å². The quantitative estimate of drug-likeness (QED) is 0.464. The van der Waals surface area contributed by atoms with Gasteiger partial charge in [-0.3, -0.25) is 10.1 Å². The number of halogens is 4. The minimum Gasteiger partial charge on any atom is -0.258 e. The van der Waals surface area contributed by atoms with Crippen LogP contribution in [0, 0.1) is 15.9 Å².